The highest BCUT2D eigenvalue weighted by Gasteiger charge is 2.30. The van der Waals surface area contributed by atoms with E-state index in [0.717, 1.165) is 12.1 Å². The van der Waals surface area contributed by atoms with Crippen LogP contribution in [0.1, 0.15) is 11.3 Å². The van der Waals surface area contributed by atoms with Gasteiger partial charge in [-0.15, -0.1) is 0 Å². The number of oxazole rings is 1. The quantitative estimate of drug-likeness (QED) is 0.804. The molecular weight excluding hydrogens is 235 g/mol. The van der Waals surface area contributed by atoms with E-state index in [1.807, 2.05) is 0 Å². The average molecular weight is 243 g/mol. The molecule has 0 radical (unpaired) electrons. The second-order valence-electron chi connectivity index (χ2n) is 3.36. The minimum absolute atomic E-state index is 0.0293. The summed E-state index contributed by atoms with van der Waals surface area (Å²) >= 11 is 0. The molecule has 2 aromatic rings. The zero-order chi connectivity index (χ0) is 12.5. The smallest absolute Gasteiger partial charge is 0.414 e. The van der Waals surface area contributed by atoms with Crippen LogP contribution >= 0.6 is 0 Å². The molecule has 1 aromatic carbocycles. The van der Waals surface area contributed by atoms with E-state index in [0.29, 0.717) is 5.76 Å². The Kier molecular flexibility index (Phi) is 2.79. The Bertz CT molecular complexity index is 519. The molecular formula is C11H8F3NO2. The molecule has 0 aliphatic carbocycles. The average Bonchev–Trinajstić information content (AvgIpc) is 2.63. The van der Waals surface area contributed by atoms with Gasteiger partial charge in [-0.05, 0) is 25.1 Å². The van der Waals surface area contributed by atoms with Crippen molar-refractivity contribution in [3.63, 3.8) is 0 Å². The molecule has 0 spiro atoms. The Morgan fingerprint density at radius 3 is 2.65 bits per heavy atom. The number of aryl methyl sites for hydroxylation is 1. The monoisotopic (exact) mass is 243 g/mol. The molecule has 0 unspecified atom stereocenters. The molecule has 1 aromatic heterocycles. The van der Waals surface area contributed by atoms with Crippen LogP contribution in [0.5, 0.6) is 11.8 Å². The van der Waals surface area contributed by atoms with E-state index in [1.54, 1.807) is 6.92 Å². The molecule has 1 heterocycles. The zero-order valence-corrected chi connectivity index (χ0v) is 8.78. The lowest BCUT2D eigenvalue weighted by atomic mass is 10.2. The fraction of sp³-hybridized carbons (Fsp3) is 0.182. The molecule has 0 aliphatic rings. The van der Waals surface area contributed by atoms with Gasteiger partial charge in [-0.2, -0.15) is 18.2 Å². The number of nitrogens with zero attached hydrogens (tertiary/aromatic N) is 1. The van der Waals surface area contributed by atoms with Crippen LogP contribution in [0.25, 0.3) is 0 Å². The van der Waals surface area contributed by atoms with Crippen LogP contribution in [-0.4, -0.2) is 4.98 Å². The lowest BCUT2D eigenvalue weighted by Gasteiger charge is -2.07. The van der Waals surface area contributed by atoms with Crippen molar-refractivity contribution in [2.45, 2.75) is 13.1 Å². The first-order valence-electron chi connectivity index (χ1n) is 4.73. The van der Waals surface area contributed by atoms with Crippen molar-refractivity contribution in [3.8, 4) is 11.8 Å². The van der Waals surface area contributed by atoms with Gasteiger partial charge in [0.25, 0.3) is 0 Å². The Hall–Kier alpha value is -1.98. The van der Waals surface area contributed by atoms with Crippen molar-refractivity contribution in [2.24, 2.45) is 0 Å². The number of ether oxygens (including phenoxy) is 1. The third-order valence-electron chi connectivity index (χ3n) is 1.97. The van der Waals surface area contributed by atoms with Gasteiger partial charge in [-0.1, -0.05) is 6.07 Å². The van der Waals surface area contributed by atoms with Crippen LogP contribution < -0.4 is 4.74 Å². The molecule has 0 saturated carbocycles. The van der Waals surface area contributed by atoms with Crippen LogP contribution in [0, 0.1) is 6.92 Å². The summed E-state index contributed by atoms with van der Waals surface area (Å²) in [4.78, 5) is 3.73. The van der Waals surface area contributed by atoms with Crippen LogP contribution in [0.2, 0.25) is 0 Å². The van der Waals surface area contributed by atoms with Crippen LogP contribution in [0.4, 0.5) is 13.2 Å². The SMILES string of the molecule is Cc1cnc(Oc2cccc(C(F)(F)F)c2)o1. The molecule has 2 rings (SSSR count). The van der Waals surface area contributed by atoms with E-state index in [1.165, 1.54) is 18.3 Å². The number of rotatable bonds is 2. The third-order valence-corrected chi connectivity index (χ3v) is 1.97. The number of alkyl halides is 3. The summed E-state index contributed by atoms with van der Waals surface area (Å²) in [6.45, 7) is 1.66. The Labute approximate surface area is 94.8 Å². The van der Waals surface area contributed by atoms with Crippen molar-refractivity contribution >= 4 is 0 Å². The first kappa shape index (κ1) is 11.5. The summed E-state index contributed by atoms with van der Waals surface area (Å²) in [6, 6.07) is 4.51. The highest BCUT2D eigenvalue weighted by Crippen LogP contribution is 2.32. The second-order valence-corrected chi connectivity index (χ2v) is 3.36. The van der Waals surface area contributed by atoms with Gasteiger partial charge < -0.3 is 9.15 Å². The predicted octanol–water partition coefficient (Wildman–Crippen LogP) is 3.79. The highest BCUT2D eigenvalue weighted by atomic mass is 19.4. The Balaban J connectivity index is 2.22. The van der Waals surface area contributed by atoms with Gasteiger partial charge in [0, 0.05) is 0 Å². The van der Waals surface area contributed by atoms with E-state index in [4.69, 9.17) is 9.15 Å². The first-order chi connectivity index (χ1) is 7.95. The molecule has 0 amide bonds. The van der Waals surface area contributed by atoms with E-state index in [9.17, 15) is 13.2 Å². The largest absolute Gasteiger partial charge is 0.416 e. The minimum atomic E-state index is -4.40. The molecule has 3 nitrogen and oxygen atoms in total. The molecule has 0 aliphatic heterocycles. The van der Waals surface area contributed by atoms with E-state index >= 15 is 0 Å². The molecule has 6 heteroatoms. The molecule has 90 valence electrons. The number of hydrogen-bond donors (Lipinski definition) is 0. The van der Waals surface area contributed by atoms with Gasteiger partial charge >= 0.3 is 12.3 Å². The van der Waals surface area contributed by atoms with Gasteiger partial charge in [0.15, 0.2) is 0 Å². The van der Waals surface area contributed by atoms with Crippen molar-refractivity contribution in [1.29, 1.82) is 0 Å². The molecule has 0 N–H and O–H groups in total. The normalized spacial score (nSPS) is 11.5. The summed E-state index contributed by atoms with van der Waals surface area (Å²) in [5, 5.41) is 0. The number of benzene rings is 1. The number of aromatic nitrogens is 1. The van der Waals surface area contributed by atoms with Gasteiger partial charge in [0.1, 0.15) is 11.5 Å². The summed E-state index contributed by atoms with van der Waals surface area (Å²) in [5.41, 5.74) is -0.779. The van der Waals surface area contributed by atoms with E-state index in [2.05, 4.69) is 4.98 Å². The standard InChI is InChI=1S/C11H8F3NO2/c1-7-6-15-10(16-7)17-9-4-2-3-8(5-9)11(12,13)14/h2-6H,1H3. The van der Waals surface area contributed by atoms with Crippen molar-refractivity contribution in [3.05, 3.63) is 41.8 Å². The third kappa shape index (κ3) is 2.77. The van der Waals surface area contributed by atoms with E-state index in [-0.39, 0.29) is 11.8 Å². The summed E-state index contributed by atoms with van der Waals surface area (Å²) in [5.74, 6) is 0.550. The summed E-state index contributed by atoms with van der Waals surface area (Å²) < 4.78 is 47.3. The van der Waals surface area contributed by atoms with Crippen molar-refractivity contribution < 1.29 is 22.3 Å². The maximum absolute atomic E-state index is 12.4. The number of hydrogen-bond acceptors (Lipinski definition) is 3. The van der Waals surface area contributed by atoms with Gasteiger partial charge in [-0.3, -0.25) is 0 Å². The summed E-state index contributed by atoms with van der Waals surface area (Å²) in [6.07, 6.45) is -3.06. The second kappa shape index (κ2) is 4.12. The molecule has 0 atom stereocenters. The minimum Gasteiger partial charge on any atom is -0.414 e. The van der Waals surface area contributed by atoms with Gasteiger partial charge in [0.2, 0.25) is 0 Å². The fourth-order valence-corrected chi connectivity index (χ4v) is 1.22. The number of halogens is 3. The maximum Gasteiger partial charge on any atom is 0.416 e. The lowest BCUT2D eigenvalue weighted by molar-refractivity contribution is -0.137. The topological polar surface area (TPSA) is 35.3 Å². The molecule has 0 bridgehead atoms. The van der Waals surface area contributed by atoms with Crippen LogP contribution in [0.3, 0.4) is 0 Å². The fourth-order valence-electron chi connectivity index (χ4n) is 1.22. The maximum atomic E-state index is 12.4. The van der Waals surface area contributed by atoms with Crippen molar-refractivity contribution in [1.82, 2.24) is 4.98 Å². The first-order valence-corrected chi connectivity index (χ1v) is 4.73. The highest BCUT2D eigenvalue weighted by molar-refractivity contribution is 5.31. The van der Waals surface area contributed by atoms with Gasteiger partial charge in [0.05, 0.1) is 11.8 Å². The lowest BCUT2D eigenvalue weighted by Crippen LogP contribution is -2.04. The van der Waals surface area contributed by atoms with Crippen LogP contribution in [0.15, 0.2) is 34.9 Å². The zero-order valence-electron chi connectivity index (χ0n) is 8.78. The van der Waals surface area contributed by atoms with Crippen LogP contribution in [-0.2, 0) is 6.18 Å². The molecule has 17 heavy (non-hydrogen) atoms. The molecule has 0 fully saturated rings. The predicted molar refractivity (Wildman–Crippen MR) is 52.8 cm³/mol. The Morgan fingerprint density at radius 1 is 1.29 bits per heavy atom. The van der Waals surface area contributed by atoms with E-state index < -0.39 is 11.7 Å². The Morgan fingerprint density at radius 2 is 2.06 bits per heavy atom. The van der Waals surface area contributed by atoms with Crippen molar-refractivity contribution in [2.75, 3.05) is 0 Å². The summed E-state index contributed by atoms with van der Waals surface area (Å²) in [7, 11) is 0. The van der Waals surface area contributed by atoms with Gasteiger partial charge in [-0.25, -0.2) is 0 Å². The molecule has 0 saturated heterocycles.